The molecular formula is C30H56O14. The largest absolute Gasteiger partial charge is 0.463 e. The van der Waals surface area contributed by atoms with Gasteiger partial charge < -0.3 is 64.9 Å². The van der Waals surface area contributed by atoms with Crippen LogP contribution < -0.4 is 0 Å². The average molecular weight is 641 g/mol. The van der Waals surface area contributed by atoms with Crippen molar-refractivity contribution in [1.82, 2.24) is 0 Å². The molecule has 2 aliphatic heterocycles. The van der Waals surface area contributed by atoms with Crippen molar-refractivity contribution in [2.45, 2.75) is 164 Å². The predicted molar refractivity (Wildman–Crippen MR) is 155 cm³/mol. The molecular weight excluding hydrogens is 584 g/mol. The lowest BCUT2D eigenvalue weighted by atomic mass is 9.99. The van der Waals surface area contributed by atoms with E-state index in [-0.39, 0.29) is 6.42 Å². The van der Waals surface area contributed by atoms with Gasteiger partial charge in [-0.1, -0.05) is 71.1 Å². The maximum Gasteiger partial charge on any atom is 0.305 e. The van der Waals surface area contributed by atoms with Gasteiger partial charge in [0.15, 0.2) is 6.29 Å². The monoisotopic (exact) mass is 640 g/mol. The van der Waals surface area contributed by atoms with Gasteiger partial charge in [0.2, 0.25) is 5.79 Å². The van der Waals surface area contributed by atoms with Gasteiger partial charge in [-0.25, -0.2) is 0 Å². The zero-order valence-electron chi connectivity index (χ0n) is 25.9. The second kappa shape index (κ2) is 20.3. The van der Waals surface area contributed by atoms with Gasteiger partial charge in [0.1, 0.15) is 55.9 Å². The molecule has 2 heterocycles. The lowest BCUT2D eigenvalue weighted by molar-refractivity contribution is -0.383. The molecule has 0 radical (unpaired) electrons. The van der Waals surface area contributed by atoms with E-state index in [1.165, 1.54) is 19.3 Å². The number of ether oxygens (including phenoxy) is 4. The molecule has 11 atom stereocenters. The van der Waals surface area contributed by atoms with E-state index in [0.29, 0.717) is 19.3 Å². The Labute approximate surface area is 259 Å². The molecule has 14 nitrogen and oxygen atoms in total. The van der Waals surface area contributed by atoms with E-state index in [2.05, 4.69) is 6.92 Å². The van der Waals surface area contributed by atoms with E-state index in [0.717, 1.165) is 44.9 Å². The molecule has 0 aliphatic carbocycles. The Hall–Kier alpha value is -1.01. The Balaban J connectivity index is 1.64. The summed E-state index contributed by atoms with van der Waals surface area (Å²) in [5, 5.41) is 90.8. The van der Waals surface area contributed by atoms with Crippen LogP contribution in [0.1, 0.15) is 96.8 Å². The summed E-state index contributed by atoms with van der Waals surface area (Å²) in [4.78, 5) is 12.2. The molecule has 9 N–H and O–H groups in total. The van der Waals surface area contributed by atoms with E-state index in [1.54, 1.807) is 0 Å². The second-order valence-electron chi connectivity index (χ2n) is 12.1. The summed E-state index contributed by atoms with van der Waals surface area (Å²) in [6, 6.07) is 0. The van der Waals surface area contributed by atoms with Gasteiger partial charge in [-0.2, -0.15) is 0 Å². The molecule has 2 rings (SSSR count). The fourth-order valence-electron chi connectivity index (χ4n) is 5.54. The quantitative estimate of drug-likeness (QED) is 0.0529. The van der Waals surface area contributed by atoms with E-state index in [4.69, 9.17) is 18.9 Å². The minimum Gasteiger partial charge on any atom is -0.463 e. The van der Waals surface area contributed by atoms with Gasteiger partial charge >= 0.3 is 5.97 Å². The van der Waals surface area contributed by atoms with Crippen LogP contribution in [0.2, 0.25) is 0 Å². The summed E-state index contributed by atoms with van der Waals surface area (Å²) in [5.41, 5.74) is 0. The maximum absolute atomic E-state index is 12.2. The Morgan fingerprint density at radius 2 is 1.32 bits per heavy atom. The number of esters is 1. The van der Waals surface area contributed by atoms with Crippen molar-refractivity contribution in [3.05, 3.63) is 0 Å². The first-order chi connectivity index (χ1) is 21.0. The van der Waals surface area contributed by atoms with Crippen LogP contribution in [0.4, 0.5) is 0 Å². The summed E-state index contributed by atoms with van der Waals surface area (Å²) in [6.07, 6.45) is -2.72. The standard InChI is InChI=1S/C30H56O14/c1-2-3-4-5-7-10-13-19(33)20(34)14-11-8-6-9-12-15-23(35)41-17-22-25(37)28(40)30(18-32,43-22)44-29-27(39)26(38)24(36)21(16-31)42-29/h19-22,24-29,31-34,36-40H,2-18H2,1H3/t19?,20?,21?,22-,24-,25?,26+,27?,28-,29-,30+/m1/s1. The van der Waals surface area contributed by atoms with Crippen LogP contribution in [0.25, 0.3) is 0 Å². The Morgan fingerprint density at radius 1 is 0.750 bits per heavy atom. The van der Waals surface area contributed by atoms with Gasteiger partial charge in [-0.05, 0) is 19.3 Å². The molecule has 14 heteroatoms. The molecule has 2 aliphatic rings. The fraction of sp³-hybridized carbons (Fsp3) is 0.967. The molecule has 0 bridgehead atoms. The third-order valence-electron chi connectivity index (χ3n) is 8.48. The summed E-state index contributed by atoms with van der Waals surface area (Å²) in [6.45, 7) is -0.0329. The van der Waals surface area contributed by atoms with Gasteiger partial charge in [0.25, 0.3) is 0 Å². The number of rotatable bonds is 22. The van der Waals surface area contributed by atoms with Crippen molar-refractivity contribution >= 4 is 5.97 Å². The molecule has 260 valence electrons. The first kappa shape index (κ1) is 39.2. The van der Waals surface area contributed by atoms with Crippen LogP contribution >= 0.6 is 0 Å². The zero-order chi connectivity index (χ0) is 32.7. The SMILES string of the molecule is CCCCCCCCC(O)C(O)CCCCCCCC(=O)OC[C@H]1O[C@@](CO)(O[C@H]2OC(CO)[C@@H](O)[C@H](O)C2O)[C@H](O)C1O. The highest BCUT2D eigenvalue weighted by Gasteiger charge is 2.58. The van der Waals surface area contributed by atoms with Crippen LogP contribution in [-0.2, 0) is 23.7 Å². The average Bonchev–Trinajstić information content (AvgIpc) is 3.25. The highest BCUT2D eigenvalue weighted by atomic mass is 16.8. The first-order valence-electron chi connectivity index (χ1n) is 16.2. The number of carbonyl (C=O) groups excluding carboxylic acids is 1. The molecule has 0 aromatic heterocycles. The highest BCUT2D eigenvalue weighted by molar-refractivity contribution is 5.69. The summed E-state index contributed by atoms with van der Waals surface area (Å²) in [5.74, 6) is -2.87. The van der Waals surface area contributed by atoms with Gasteiger partial charge in [0, 0.05) is 6.42 Å². The van der Waals surface area contributed by atoms with Crippen LogP contribution in [0.5, 0.6) is 0 Å². The Kier molecular flexibility index (Phi) is 18.0. The lowest BCUT2D eigenvalue weighted by Gasteiger charge is -2.43. The van der Waals surface area contributed by atoms with E-state index < -0.39 is 92.8 Å². The van der Waals surface area contributed by atoms with Crippen molar-refractivity contribution in [1.29, 1.82) is 0 Å². The fourth-order valence-corrected chi connectivity index (χ4v) is 5.54. The third-order valence-corrected chi connectivity index (χ3v) is 8.48. The molecule has 0 saturated carbocycles. The molecule has 2 saturated heterocycles. The summed E-state index contributed by atoms with van der Waals surface area (Å²) >= 11 is 0. The molecule has 5 unspecified atom stereocenters. The van der Waals surface area contributed by atoms with Crippen molar-refractivity contribution in [2.75, 3.05) is 19.8 Å². The molecule has 0 aromatic carbocycles. The number of hydrogen-bond donors (Lipinski definition) is 9. The third kappa shape index (κ3) is 11.7. The van der Waals surface area contributed by atoms with Gasteiger partial charge in [-0.15, -0.1) is 0 Å². The smallest absolute Gasteiger partial charge is 0.305 e. The number of aliphatic hydroxyl groups is 9. The lowest BCUT2D eigenvalue weighted by Crippen LogP contribution is -2.62. The Bertz CT molecular complexity index is 787. The number of carbonyl (C=O) groups is 1. The molecule has 44 heavy (non-hydrogen) atoms. The van der Waals surface area contributed by atoms with E-state index in [1.807, 2.05) is 0 Å². The zero-order valence-corrected chi connectivity index (χ0v) is 25.9. The topological polar surface area (TPSA) is 236 Å². The van der Waals surface area contributed by atoms with Crippen LogP contribution in [0.3, 0.4) is 0 Å². The van der Waals surface area contributed by atoms with Crippen molar-refractivity contribution in [3.63, 3.8) is 0 Å². The normalized spacial score (nSPS) is 33.8. The minimum absolute atomic E-state index is 0.109. The molecule has 0 amide bonds. The van der Waals surface area contributed by atoms with E-state index in [9.17, 15) is 50.8 Å². The van der Waals surface area contributed by atoms with Crippen molar-refractivity contribution < 1.29 is 69.7 Å². The molecule has 0 aromatic rings. The number of hydrogen-bond acceptors (Lipinski definition) is 14. The summed E-state index contributed by atoms with van der Waals surface area (Å²) < 4.78 is 21.4. The van der Waals surface area contributed by atoms with Crippen molar-refractivity contribution in [3.8, 4) is 0 Å². The van der Waals surface area contributed by atoms with Crippen LogP contribution in [0, 0.1) is 0 Å². The van der Waals surface area contributed by atoms with Crippen LogP contribution in [-0.4, -0.2) is 139 Å². The number of aliphatic hydroxyl groups excluding tert-OH is 9. The van der Waals surface area contributed by atoms with Gasteiger partial charge in [-0.3, -0.25) is 4.79 Å². The van der Waals surface area contributed by atoms with Crippen molar-refractivity contribution in [2.24, 2.45) is 0 Å². The molecule has 0 spiro atoms. The first-order valence-corrected chi connectivity index (χ1v) is 16.2. The predicted octanol–water partition coefficient (Wildman–Crippen LogP) is -0.642. The highest BCUT2D eigenvalue weighted by Crippen LogP contribution is 2.36. The van der Waals surface area contributed by atoms with E-state index >= 15 is 0 Å². The summed E-state index contributed by atoms with van der Waals surface area (Å²) in [7, 11) is 0. The second-order valence-corrected chi connectivity index (χ2v) is 12.1. The van der Waals surface area contributed by atoms with Crippen LogP contribution in [0.15, 0.2) is 0 Å². The number of unbranched alkanes of at least 4 members (excludes halogenated alkanes) is 9. The maximum atomic E-state index is 12.2. The van der Waals surface area contributed by atoms with Gasteiger partial charge in [0.05, 0.1) is 18.8 Å². The minimum atomic E-state index is -2.32. The molecule has 2 fully saturated rings. The Morgan fingerprint density at radius 3 is 1.89 bits per heavy atom.